The number of halogens is 1. The second-order valence-electron chi connectivity index (χ2n) is 4.77. The van der Waals surface area contributed by atoms with Crippen molar-refractivity contribution >= 4 is 11.6 Å². The van der Waals surface area contributed by atoms with E-state index in [1.165, 1.54) is 12.1 Å². The van der Waals surface area contributed by atoms with E-state index < -0.39 is 0 Å². The standard InChI is InChI=1S/C13H17FN2O/c1-13(6-8-15-9-7-13)12(17)16-11-4-2-10(14)3-5-11/h2-5,15H,6-9H2,1H3,(H,16,17). The van der Waals surface area contributed by atoms with E-state index in [0.717, 1.165) is 25.9 Å². The molecule has 1 heterocycles. The van der Waals surface area contributed by atoms with Gasteiger partial charge >= 0.3 is 0 Å². The van der Waals surface area contributed by atoms with Gasteiger partial charge in [-0.2, -0.15) is 0 Å². The summed E-state index contributed by atoms with van der Waals surface area (Å²) in [6.45, 7) is 3.72. The van der Waals surface area contributed by atoms with E-state index in [1.54, 1.807) is 12.1 Å². The largest absolute Gasteiger partial charge is 0.326 e. The lowest BCUT2D eigenvalue weighted by Gasteiger charge is -2.32. The van der Waals surface area contributed by atoms with Gasteiger partial charge in [0.05, 0.1) is 0 Å². The highest BCUT2D eigenvalue weighted by atomic mass is 19.1. The van der Waals surface area contributed by atoms with E-state index in [-0.39, 0.29) is 17.1 Å². The summed E-state index contributed by atoms with van der Waals surface area (Å²) in [6.07, 6.45) is 1.67. The molecule has 0 saturated carbocycles. The Bertz CT molecular complexity index is 396. The van der Waals surface area contributed by atoms with Gasteiger partial charge in [-0.15, -0.1) is 0 Å². The van der Waals surface area contributed by atoms with Crippen LogP contribution in [0.1, 0.15) is 19.8 Å². The molecule has 0 atom stereocenters. The minimum Gasteiger partial charge on any atom is -0.326 e. The number of amides is 1. The van der Waals surface area contributed by atoms with Crippen molar-refractivity contribution < 1.29 is 9.18 Å². The van der Waals surface area contributed by atoms with E-state index in [0.29, 0.717) is 5.69 Å². The second-order valence-corrected chi connectivity index (χ2v) is 4.77. The highest BCUT2D eigenvalue weighted by Crippen LogP contribution is 2.29. The molecule has 1 aliphatic rings. The number of hydrogen-bond donors (Lipinski definition) is 2. The van der Waals surface area contributed by atoms with Gasteiger partial charge in [-0.05, 0) is 50.2 Å². The monoisotopic (exact) mass is 236 g/mol. The Morgan fingerprint density at radius 2 is 1.88 bits per heavy atom. The van der Waals surface area contributed by atoms with Crippen molar-refractivity contribution in [3.8, 4) is 0 Å². The fourth-order valence-corrected chi connectivity index (χ4v) is 2.02. The first kappa shape index (κ1) is 12.0. The van der Waals surface area contributed by atoms with E-state index >= 15 is 0 Å². The molecule has 2 rings (SSSR count). The number of benzene rings is 1. The number of piperidine rings is 1. The smallest absolute Gasteiger partial charge is 0.230 e. The zero-order valence-electron chi connectivity index (χ0n) is 9.92. The molecule has 1 aliphatic heterocycles. The van der Waals surface area contributed by atoms with E-state index in [2.05, 4.69) is 10.6 Å². The van der Waals surface area contributed by atoms with Crippen LogP contribution >= 0.6 is 0 Å². The number of nitrogens with one attached hydrogen (secondary N) is 2. The average Bonchev–Trinajstić information content (AvgIpc) is 2.33. The van der Waals surface area contributed by atoms with Crippen LogP contribution in [0.3, 0.4) is 0 Å². The van der Waals surface area contributed by atoms with E-state index in [9.17, 15) is 9.18 Å². The molecule has 0 aromatic heterocycles. The number of rotatable bonds is 2. The normalized spacial score (nSPS) is 18.7. The average molecular weight is 236 g/mol. The van der Waals surface area contributed by atoms with Crippen molar-refractivity contribution in [3.63, 3.8) is 0 Å². The van der Waals surface area contributed by atoms with Gasteiger partial charge in [-0.25, -0.2) is 4.39 Å². The first-order valence-corrected chi connectivity index (χ1v) is 5.88. The third kappa shape index (κ3) is 2.82. The predicted octanol–water partition coefficient (Wildman–Crippen LogP) is 2.15. The molecular weight excluding hydrogens is 219 g/mol. The van der Waals surface area contributed by atoms with Gasteiger partial charge in [-0.1, -0.05) is 6.92 Å². The number of anilines is 1. The van der Waals surface area contributed by atoms with Crippen LogP contribution in [-0.2, 0) is 4.79 Å². The van der Waals surface area contributed by atoms with Crippen LogP contribution < -0.4 is 10.6 Å². The molecule has 0 spiro atoms. The Kier molecular flexibility index (Phi) is 3.43. The lowest BCUT2D eigenvalue weighted by Crippen LogP contribution is -2.42. The third-order valence-corrected chi connectivity index (χ3v) is 3.36. The Morgan fingerprint density at radius 1 is 1.29 bits per heavy atom. The molecule has 0 bridgehead atoms. The van der Waals surface area contributed by atoms with Gasteiger partial charge in [0.1, 0.15) is 5.82 Å². The lowest BCUT2D eigenvalue weighted by atomic mass is 9.80. The Hall–Kier alpha value is -1.42. The summed E-state index contributed by atoms with van der Waals surface area (Å²) in [7, 11) is 0. The number of hydrogen-bond acceptors (Lipinski definition) is 2. The number of carbonyl (C=O) groups excluding carboxylic acids is 1. The quantitative estimate of drug-likeness (QED) is 0.826. The molecule has 0 aliphatic carbocycles. The zero-order chi connectivity index (χ0) is 12.3. The minimum atomic E-state index is -0.320. The predicted molar refractivity (Wildman–Crippen MR) is 65.2 cm³/mol. The molecule has 0 radical (unpaired) electrons. The summed E-state index contributed by atoms with van der Waals surface area (Å²) >= 11 is 0. The van der Waals surface area contributed by atoms with Crippen LogP contribution in [-0.4, -0.2) is 19.0 Å². The Labute approximate surface area is 100 Å². The van der Waals surface area contributed by atoms with E-state index in [1.807, 2.05) is 6.92 Å². The maximum absolute atomic E-state index is 12.7. The summed E-state index contributed by atoms with van der Waals surface area (Å²) in [5.41, 5.74) is 0.329. The maximum Gasteiger partial charge on any atom is 0.230 e. The van der Waals surface area contributed by atoms with Crippen LogP contribution in [0.5, 0.6) is 0 Å². The van der Waals surface area contributed by atoms with Crippen LogP contribution in [0.15, 0.2) is 24.3 Å². The molecule has 1 amide bonds. The molecule has 1 fully saturated rings. The molecule has 1 aromatic carbocycles. The molecule has 1 saturated heterocycles. The van der Waals surface area contributed by atoms with Gasteiger partial charge in [0.2, 0.25) is 5.91 Å². The third-order valence-electron chi connectivity index (χ3n) is 3.36. The molecule has 1 aromatic rings. The fourth-order valence-electron chi connectivity index (χ4n) is 2.02. The van der Waals surface area contributed by atoms with Gasteiger partial charge in [-0.3, -0.25) is 4.79 Å². The van der Waals surface area contributed by atoms with Crippen molar-refractivity contribution in [2.45, 2.75) is 19.8 Å². The van der Waals surface area contributed by atoms with Gasteiger partial charge in [0.25, 0.3) is 0 Å². The van der Waals surface area contributed by atoms with Crippen LogP contribution in [0.4, 0.5) is 10.1 Å². The highest BCUT2D eigenvalue weighted by Gasteiger charge is 2.34. The molecule has 2 N–H and O–H groups in total. The summed E-state index contributed by atoms with van der Waals surface area (Å²) in [5.74, 6) is -0.276. The topological polar surface area (TPSA) is 41.1 Å². The van der Waals surface area contributed by atoms with Gasteiger partial charge < -0.3 is 10.6 Å². The van der Waals surface area contributed by atoms with Gasteiger partial charge in [0, 0.05) is 11.1 Å². The van der Waals surface area contributed by atoms with Crippen LogP contribution in [0.25, 0.3) is 0 Å². The summed E-state index contributed by atoms with van der Waals surface area (Å²) in [4.78, 5) is 12.1. The van der Waals surface area contributed by atoms with Crippen molar-refractivity contribution in [3.05, 3.63) is 30.1 Å². The van der Waals surface area contributed by atoms with Crippen molar-refractivity contribution in [2.75, 3.05) is 18.4 Å². The van der Waals surface area contributed by atoms with Gasteiger partial charge in [0.15, 0.2) is 0 Å². The molecule has 3 nitrogen and oxygen atoms in total. The fraction of sp³-hybridized carbons (Fsp3) is 0.462. The number of carbonyl (C=O) groups is 1. The van der Waals surface area contributed by atoms with Crippen LogP contribution in [0, 0.1) is 11.2 Å². The van der Waals surface area contributed by atoms with E-state index in [4.69, 9.17) is 0 Å². The molecule has 92 valence electrons. The minimum absolute atomic E-state index is 0.0191. The Balaban J connectivity index is 2.03. The summed E-state index contributed by atoms with van der Waals surface area (Å²) in [6, 6.07) is 5.86. The lowest BCUT2D eigenvalue weighted by molar-refractivity contribution is -0.126. The second kappa shape index (κ2) is 4.84. The SMILES string of the molecule is CC1(C(=O)Nc2ccc(F)cc2)CCNCC1. The highest BCUT2D eigenvalue weighted by molar-refractivity contribution is 5.95. The molecule has 4 heteroatoms. The molecule has 17 heavy (non-hydrogen) atoms. The summed E-state index contributed by atoms with van der Waals surface area (Å²) in [5, 5.41) is 6.08. The van der Waals surface area contributed by atoms with Crippen molar-refractivity contribution in [1.82, 2.24) is 5.32 Å². The maximum atomic E-state index is 12.7. The first-order chi connectivity index (χ1) is 8.10. The van der Waals surface area contributed by atoms with Crippen LogP contribution in [0.2, 0.25) is 0 Å². The summed E-state index contributed by atoms with van der Waals surface area (Å²) < 4.78 is 12.7. The van der Waals surface area contributed by atoms with Crippen molar-refractivity contribution in [2.24, 2.45) is 5.41 Å². The molecular formula is C13H17FN2O. The van der Waals surface area contributed by atoms with Crippen molar-refractivity contribution in [1.29, 1.82) is 0 Å². The molecule has 0 unspecified atom stereocenters. The zero-order valence-corrected chi connectivity index (χ0v) is 9.92. The first-order valence-electron chi connectivity index (χ1n) is 5.88. The Morgan fingerprint density at radius 3 is 2.47 bits per heavy atom.